The summed E-state index contributed by atoms with van der Waals surface area (Å²) in [5, 5.41) is 9.15. The fourth-order valence-corrected chi connectivity index (χ4v) is 1.84. The van der Waals surface area contributed by atoms with E-state index in [1.807, 2.05) is 0 Å². The van der Waals surface area contributed by atoms with Gasteiger partial charge in [-0.2, -0.15) is 5.26 Å². The van der Waals surface area contributed by atoms with Crippen molar-refractivity contribution in [2.24, 2.45) is 17.8 Å². The molecule has 0 saturated heterocycles. The van der Waals surface area contributed by atoms with Crippen LogP contribution < -0.4 is 0 Å². The Morgan fingerprint density at radius 2 is 1.64 bits per heavy atom. The molecule has 0 saturated carbocycles. The zero-order chi connectivity index (χ0) is 11.3. The maximum absolute atomic E-state index is 9.15. The Hall–Kier alpha value is -0.550. The van der Waals surface area contributed by atoms with Crippen molar-refractivity contribution >= 4 is 0 Å². The number of rotatable bonds is 5. The summed E-state index contributed by atoms with van der Waals surface area (Å²) in [6.45, 7) is 8.69. The molecule has 0 aromatic heterocycles. The second-order valence-electron chi connectivity index (χ2n) is 5.06. The summed E-state index contributed by atoms with van der Waals surface area (Å²) in [6, 6.07) is 2.84. The number of hydrogen-bond acceptors (Lipinski definition) is 2. The van der Waals surface area contributed by atoms with Gasteiger partial charge in [0.25, 0.3) is 0 Å². The molecule has 0 fully saturated rings. The summed E-state index contributed by atoms with van der Waals surface area (Å²) in [6.07, 6.45) is 1.10. The van der Waals surface area contributed by atoms with E-state index in [4.69, 9.17) is 5.26 Å². The van der Waals surface area contributed by atoms with Crippen LogP contribution in [0.5, 0.6) is 0 Å². The monoisotopic (exact) mass is 196 g/mol. The minimum atomic E-state index is 0.146. The topological polar surface area (TPSA) is 27.0 Å². The first kappa shape index (κ1) is 13.4. The molecule has 0 spiro atoms. The SMILES string of the molecule is CC(C)CC(C(C#N)C(C)C)N(C)C. The Kier molecular flexibility index (Phi) is 5.79. The van der Waals surface area contributed by atoms with Crippen molar-refractivity contribution in [3.05, 3.63) is 0 Å². The number of nitriles is 1. The molecule has 0 aliphatic heterocycles. The van der Waals surface area contributed by atoms with Crippen LogP contribution in [-0.2, 0) is 0 Å². The van der Waals surface area contributed by atoms with E-state index in [2.05, 4.69) is 52.8 Å². The molecule has 0 aliphatic carbocycles. The normalized spacial score (nSPS) is 16.0. The molecule has 2 heteroatoms. The van der Waals surface area contributed by atoms with E-state index in [9.17, 15) is 0 Å². The average molecular weight is 196 g/mol. The van der Waals surface area contributed by atoms with Crippen LogP contribution in [0.25, 0.3) is 0 Å². The van der Waals surface area contributed by atoms with Crippen LogP contribution in [0.2, 0.25) is 0 Å². The lowest BCUT2D eigenvalue weighted by atomic mass is 9.84. The Labute approximate surface area is 88.9 Å². The second kappa shape index (κ2) is 6.03. The number of nitrogens with zero attached hydrogens (tertiary/aromatic N) is 2. The summed E-state index contributed by atoms with van der Waals surface area (Å²) in [4.78, 5) is 2.19. The van der Waals surface area contributed by atoms with Gasteiger partial charge in [-0.3, -0.25) is 0 Å². The van der Waals surface area contributed by atoms with Crippen molar-refractivity contribution in [2.75, 3.05) is 14.1 Å². The summed E-state index contributed by atoms with van der Waals surface area (Å²) in [5.41, 5.74) is 0. The molecule has 0 radical (unpaired) electrons. The highest BCUT2D eigenvalue weighted by molar-refractivity contribution is 4.94. The van der Waals surface area contributed by atoms with Crippen molar-refractivity contribution in [3.8, 4) is 6.07 Å². The molecule has 0 aromatic carbocycles. The van der Waals surface area contributed by atoms with Gasteiger partial charge in [0, 0.05) is 6.04 Å². The molecular weight excluding hydrogens is 172 g/mol. The van der Waals surface area contributed by atoms with E-state index in [0.717, 1.165) is 6.42 Å². The molecule has 82 valence electrons. The summed E-state index contributed by atoms with van der Waals surface area (Å²) in [5.74, 6) is 1.23. The Balaban J connectivity index is 4.54. The maximum atomic E-state index is 9.15. The third kappa shape index (κ3) is 4.11. The summed E-state index contributed by atoms with van der Waals surface area (Å²) >= 11 is 0. The predicted molar refractivity (Wildman–Crippen MR) is 60.9 cm³/mol. The molecule has 0 N–H and O–H groups in total. The first-order chi connectivity index (χ1) is 6.40. The molecule has 0 aromatic rings. The van der Waals surface area contributed by atoms with Gasteiger partial charge in [-0.05, 0) is 32.4 Å². The summed E-state index contributed by atoms with van der Waals surface area (Å²) in [7, 11) is 4.14. The van der Waals surface area contributed by atoms with Crippen molar-refractivity contribution in [1.29, 1.82) is 5.26 Å². The lowest BCUT2D eigenvalue weighted by Gasteiger charge is -2.31. The zero-order valence-corrected chi connectivity index (χ0v) is 10.4. The summed E-state index contributed by atoms with van der Waals surface area (Å²) < 4.78 is 0. The molecule has 2 atom stereocenters. The van der Waals surface area contributed by atoms with Crippen LogP contribution in [0.15, 0.2) is 0 Å². The Bertz CT molecular complexity index is 189. The fraction of sp³-hybridized carbons (Fsp3) is 0.917. The van der Waals surface area contributed by atoms with Crippen LogP contribution in [0, 0.1) is 29.1 Å². The van der Waals surface area contributed by atoms with Gasteiger partial charge in [0.05, 0.1) is 12.0 Å². The highest BCUT2D eigenvalue weighted by Gasteiger charge is 2.26. The Morgan fingerprint density at radius 3 is 1.86 bits per heavy atom. The van der Waals surface area contributed by atoms with Gasteiger partial charge < -0.3 is 4.90 Å². The van der Waals surface area contributed by atoms with Crippen LogP contribution in [0.4, 0.5) is 0 Å². The molecule has 14 heavy (non-hydrogen) atoms. The van der Waals surface area contributed by atoms with Gasteiger partial charge in [0.1, 0.15) is 0 Å². The third-order valence-electron chi connectivity index (χ3n) is 2.66. The molecule has 2 nitrogen and oxygen atoms in total. The minimum absolute atomic E-state index is 0.146. The Morgan fingerprint density at radius 1 is 1.14 bits per heavy atom. The quantitative estimate of drug-likeness (QED) is 0.676. The van der Waals surface area contributed by atoms with Crippen molar-refractivity contribution in [2.45, 2.75) is 40.2 Å². The average Bonchev–Trinajstić information content (AvgIpc) is 2.02. The van der Waals surface area contributed by atoms with Crippen LogP contribution >= 0.6 is 0 Å². The van der Waals surface area contributed by atoms with Gasteiger partial charge in [-0.15, -0.1) is 0 Å². The third-order valence-corrected chi connectivity index (χ3v) is 2.66. The van der Waals surface area contributed by atoms with E-state index in [1.54, 1.807) is 0 Å². The molecule has 0 amide bonds. The van der Waals surface area contributed by atoms with E-state index >= 15 is 0 Å². The molecule has 0 rings (SSSR count). The highest BCUT2D eigenvalue weighted by Crippen LogP contribution is 2.23. The van der Waals surface area contributed by atoms with Gasteiger partial charge in [-0.1, -0.05) is 27.7 Å². The maximum Gasteiger partial charge on any atom is 0.0675 e. The standard InChI is InChI=1S/C12H24N2/c1-9(2)7-12(14(5)6)11(8-13)10(3)4/h9-12H,7H2,1-6H3. The molecule has 0 heterocycles. The lowest BCUT2D eigenvalue weighted by molar-refractivity contribution is 0.180. The van der Waals surface area contributed by atoms with Crippen molar-refractivity contribution in [1.82, 2.24) is 4.90 Å². The second-order valence-corrected chi connectivity index (χ2v) is 5.06. The van der Waals surface area contributed by atoms with Gasteiger partial charge >= 0.3 is 0 Å². The molecule has 0 bridgehead atoms. The molecule has 0 aliphatic rings. The van der Waals surface area contributed by atoms with E-state index in [0.29, 0.717) is 17.9 Å². The van der Waals surface area contributed by atoms with Crippen molar-refractivity contribution < 1.29 is 0 Å². The zero-order valence-electron chi connectivity index (χ0n) is 10.4. The fourth-order valence-electron chi connectivity index (χ4n) is 1.84. The molecule has 2 unspecified atom stereocenters. The minimum Gasteiger partial charge on any atom is -0.305 e. The van der Waals surface area contributed by atoms with Crippen LogP contribution in [-0.4, -0.2) is 25.0 Å². The smallest absolute Gasteiger partial charge is 0.0675 e. The lowest BCUT2D eigenvalue weighted by Crippen LogP contribution is -2.38. The number of hydrogen-bond donors (Lipinski definition) is 0. The van der Waals surface area contributed by atoms with Gasteiger partial charge in [0.15, 0.2) is 0 Å². The van der Waals surface area contributed by atoms with Crippen molar-refractivity contribution in [3.63, 3.8) is 0 Å². The van der Waals surface area contributed by atoms with Gasteiger partial charge in [0.2, 0.25) is 0 Å². The first-order valence-electron chi connectivity index (χ1n) is 5.46. The first-order valence-corrected chi connectivity index (χ1v) is 5.46. The highest BCUT2D eigenvalue weighted by atomic mass is 15.1. The van der Waals surface area contributed by atoms with E-state index < -0.39 is 0 Å². The van der Waals surface area contributed by atoms with E-state index in [1.165, 1.54) is 0 Å². The molecular formula is C12H24N2. The van der Waals surface area contributed by atoms with Gasteiger partial charge in [-0.25, -0.2) is 0 Å². The van der Waals surface area contributed by atoms with E-state index in [-0.39, 0.29) is 5.92 Å². The van der Waals surface area contributed by atoms with Crippen LogP contribution in [0.3, 0.4) is 0 Å². The largest absolute Gasteiger partial charge is 0.305 e. The van der Waals surface area contributed by atoms with Crippen LogP contribution in [0.1, 0.15) is 34.1 Å². The predicted octanol–water partition coefficient (Wildman–Crippen LogP) is 2.76.